The molecule has 21 heavy (non-hydrogen) atoms. The molecule has 0 saturated carbocycles. The molecule has 1 aliphatic rings. The van der Waals surface area contributed by atoms with Crippen molar-refractivity contribution >= 4 is 17.2 Å². The highest BCUT2D eigenvalue weighted by atomic mass is 32.1. The Bertz CT molecular complexity index is 607. The number of amides is 1. The molecule has 0 spiro atoms. The summed E-state index contributed by atoms with van der Waals surface area (Å²) in [6.07, 6.45) is 4.62. The van der Waals surface area contributed by atoms with Crippen molar-refractivity contribution in [1.29, 1.82) is 0 Å². The van der Waals surface area contributed by atoms with Crippen LogP contribution in [0.25, 0.3) is 0 Å². The number of carbonyl (C=O) groups excluding carboxylic acids is 1. The minimum absolute atomic E-state index is 0.0334. The van der Waals surface area contributed by atoms with Crippen LogP contribution >= 0.6 is 11.3 Å². The standard InChI is InChI=1S/C17H19NO2S/c19-17(15-12-21-16-9-5-4-8-14(15)16)18-10-11-20-13-6-2-1-3-7-13/h1-3,6-7,12H,4-5,8-11H2,(H,18,19). The summed E-state index contributed by atoms with van der Waals surface area (Å²) in [4.78, 5) is 13.6. The molecule has 3 rings (SSSR count). The van der Waals surface area contributed by atoms with Gasteiger partial charge in [-0.3, -0.25) is 4.79 Å². The van der Waals surface area contributed by atoms with Crippen molar-refractivity contribution < 1.29 is 9.53 Å². The summed E-state index contributed by atoms with van der Waals surface area (Å²) in [7, 11) is 0. The van der Waals surface area contributed by atoms with Gasteiger partial charge in [0.25, 0.3) is 5.91 Å². The Balaban J connectivity index is 1.49. The number of benzene rings is 1. The molecule has 0 atom stereocenters. The lowest BCUT2D eigenvalue weighted by Crippen LogP contribution is -2.28. The van der Waals surface area contributed by atoms with Gasteiger partial charge in [0.05, 0.1) is 12.1 Å². The van der Waals surface area contributed by atoms with Crippen LogP contribution in [0.1, 0.15) is 33.6 Å². The number of fused-ring (bicyclic) bond motifs is 1. The van der Waals surface area contributed by atoms with Crippen molar-refractivity contribution in [3.63, 3.8) is 0 Å². The van der Waals surface area contributed by atoms with Gasteiger partial charge in [-0.05, 0) is 43.4 Å². The number of thiophene rings is 1. The normalized spacial score (nSPS) is 13.5. The quantitative estimate of drug-likeness (QED) is 0.859. The fraction of sp³-hybridized carbons (Fsp3) is 0.353. The Morgan fingerprint density at radius 1 is 1.19 bits per heavy atom. The van der Waals surface area contributed by atoms with E-state index in [0.717, 1.165) is 24.2 Å². The molecule has 0 unspecified atom stereocenters. The molecule has 0 saturated heterocycles. The zero-order valence-corrected chi connectivity index (χ0v) is 12.7. The second kappa shape index (κ2) is 6.76. The molecule has 0 radical (unpaired) electrons. The SMILES string of the molecule is O=C(NCCOc1ccccc1)c1csc2c1CCCC2. The zero-order chi connectivity index (χ0) is 14.5. The van der Waals surface area contributed by atoms with Crippen molar-refractivity contribution in [2.24, 2.45) is 0 Å². The summed E-state index contributed by atoms with van der Waals surface area (Å²) >= 11 is 1.72. The maximum Gasteiger partial charge on any atom is 0.252 e. The molecular weight excluding hydrogens is 282 g/mol. The third-order valence-electron chi connectivity index (χ3n) is 3.71. The Kier molecular flexibility index (Phi) is 4.55. The van der Waals surface area contributed by atoms with E-state index in [1.807, 2.05) is 35.7 Å². The molecule has 1 aromatic heterocycles. The average molecular weight is 301 g/mol. The molecule has 0 fully saturated rings. The molecule has 3 nitrogen and oxygen atoms in total. The van der Waals surface area contributed by atoms with Crippen LogP contribution in [-0.2, 0) is 12.8 Å². The van der Waals surface area contributed by atoms with Crippen molar-refractivity contribution in [3.05, 3.63) is 51.7 Å². The molecule has 1 aliphatic carbocycles. The van der Waals surface area contributed by atoms with Crippen molar-refractivity contribution in [3.8, 4) is 5.75 Å². The van der Waals surface area contributed by atoms with E-state index in [2.05, 4.69) is 5.32 Å². The van der Waals surface area contributed by atoms with Crippen LogP contribution in [0.4, 0.5) is 0 Å². The van der Waals surface area contributed by atoms with E-state index in [1.165, 1.54) is 23.3 Å². The van der Waals surface area contributed by atoms with Gasteiger partial charge in [-0.15, -0.1) is 11.3 Å². The molecule has 4 heteroatoms. The average Bonchev–Trinajstić information content (AvgIpc) is 2.96. The summed E-state index contributed by atoms with van der Waals surface area (Å²) in [6, 6.07) is 9.65. The van der Waals surface area contributed by atoms with Crippen molar-refractivity contribution in [2.75, 3.05) is 13.2 Å². The second-order valence-corrected chi connectivity index (χ2v) is 6.14. The topological polar surface area (TPSA) is 38.3 Å². The van der Waals surface area contributed by atoms with Gasteiger partial charge < -0.3 is 10.1 Å². The Morgan fingerprint density at radius 3 is 2.86 bits per heavy atom. The fourth-order valence-corrected chi connectivity index (χ4v) is 3.76. The zero-order valence-electron chi connectivity index (χ0n) is 11.9. The third kappa shape index (κ3) is 3.45. The predicted octanol–water partition coefficient (Wildman–Crippen LogP) is 3.44. The van der Waals surface area contributed by atoms with Crippen LogP contribution in [0.3, 0.4) is 0 Å². The molecule has 0 bridgehead atoms. The van der Waals surface area contributed by atoms with Crippen LogP contribution in [0, 0.1) is 0 Å². The van der Waals surface area contributed by atoms with Gasteiger partial charge in [-0.1, -0.05) is 18.2 Å². The van der Waals surface area contributed by atoms with E-state index in [0.29, 0.717) is 13.2 Å². The Labute approximate surface area is 129 Å². The van der Waals surface area contributed by atoms with Crippen molar-refractivity contribution in [2.45, 2.75) is 25.7 Å². The molecule has 2 aromatic rings. The van der Waals surface area contributed by atoms with Gasteiger partial charge in [-0.25, -0.2) is 0 Å². The van der Waals surface area contributed by atoms with Gasteiger partial charge in [-0.2, -0.15) is 0 Å². The van der Waals surface area contributed by atoms with E-state index in [-0.39, 0.29) is 5.91 Å². The minimum Gasteiger partial charge on any atom is -0.492 e. The van der Waals surface area contributed by atoms with E-state index >= 15 is 0 Å². The molecular formula is C17H19NO2S. The molecule has 0 aliphatic heterocycles. The maximum atomic E-state index is 12.2. The number of para-hydroxylation sites is 1. The van der Waals surface area contributed by atoms with E-state index < -0.39 is 0 Å². The minimum atomic E-state index is 0.0334. The highest BCUT2D eigenvalue weighted by molar-refractivity contribution is 7.10. The third-order valence-corrected chi connectivity index (χ3v) is 4.79. The Hall–Kier alpha value is -1.81. The predicted molar refractivity (Wildman–Crippen MR) is 85.2 cm³/mol. The summed E-state index contributed by atoms with van der Waals surface area (Å²) in [5, 5.41) is 4.95. The number of hydrogen-bond acceptors (Lipinski definition) is 3. The molecule has 1 N–H and O–H groups in total. The first-order chi connectivity index (χ1) is 10.3. The van der Waals surface area contributed by atoms with Crippen LogP contribution in [-0.4, -0.2) is 19.1 Å². The van der Waals surface area contributed by atoms with Gasteiger partial charge in [0.15, 0.2) is 0 Å². The summed E-state index contributed by atoms with van der Waals surface area (Å²) in [5.74, 6) is 0.866. The molecule has 1 amide bonds. The lowest BCUT2D eigenvalue weighted by atomic mass is 9.96. The van der Waals surface area contributed by atoms with Crippen LogP contribution in [0.15, 0.2) is 35.7 Å². The fourth-order valence-electron chi connectivity index (χ4n) is 2.63. The highest BCUT2D eigenvalue weighted by Gasteiger charge is 2.19. The molecule has 1 heterocycles. The number of aryl methyl sites for hydroxylation is 1. The second-order valence-electron chi connectivity index (χ2n) is 5.18. The van der Waals surface area contributed by atoms with Crippen LogP contribution in [0.5, 0.6) is 5.75 Å². The molecule has 110 valence electrons. The number of carbonyl (C=O) groups is 1. The number of hydrogen-bond donors (Lipinski definition) is 1. The first-order valence-corrected chi connectivity index (χ1v) is 8.28. The lowest BCUT2D eigenvalue weighted by molar-refractivity contribution is 0.0946. The summed E-state index contributed by atoms with van der Waals surface area (Å²) in [5.41, 5.74) is 2.14. The number of rotatable bonds is 5. The summed E-state index contributed by atoms with van der Waals surface area (Å²) < 4.78 is 5.57. The smallest absolute Gasteiger partial charge is 0.252 e. The van der Waals surface area contributed by atoms with Crippen molar-refractivity contribution in [1.82, 2.24) is 5.32 Å². The Morgan fingerprint density at radius 2 is 2.00 bits per heavy atom. The first kappa shape index (κ1) is 14.1. The van der Waals surface area contributed by atoms with Crippen LogP contribution < -0.4 is 10.1 Å². The van der Waals surface area contributed by atoms with Gasteiger partial charge in [0.1, 0.15) is 12.4 Å². The lowest BCUT2D eigenvalue weighted by Gasteiger charge is -2.13. The number of nitrogens with one attached hydrogen (secondary N) is 1. The maximum absolute atomic E-state index is 12.2. The van der Waals surface area contributed by atoms with Crippen LogP contribution in [0.2, 0.25) is 0 Å². The first-order valence-electron chi connectivity index (χ1n) is 7.40. The largest absolute Gasteiger partial charge is 0.492 e. The summed E-state index contributed by atoms with van der Waals surface area (Å²) in [6.45, 7) is 1.01. The van der Waals surface area contributed by atoms with Gasteiger partial charge in [0.2, 0.25) is 0 Å². The van der Waals surface area contributed by atoms with E-state index in [9.17, 15) is 4.79 Å². The van der Waals surface area contributed by atoms with Gasteiger partial charge in [0, 0.05) is 10.3 Å². The van der Waals surface area contributed by atoms with Gasteiger partial charge >= 0.3 is 0 Å². The highest BCUT2D eigenvalue weighted by Crippen LogP contribution is 2.30. The van der Waals surface area contributed by atoms with E-state index in [4.69, 9.17) is 4.74 Å². The monoisotopic (exact) mass is 301 g/mol. The molecule has 1 aromatic carbocycles. The number of ether oxygens (including phenoxy) is 1. The van der Waals surface area contributed by atoms with E-state index in [1.54, 1.807) is 11.3 Å².